The van der Waals surface area contributed by atoms with E-state index in [0.717, 1.165) is 40.6 Å². The summed E-state index contributed by atoms with van der Waals surface area (Å²) in [6, 6.07) is 13.9. The molecule has 0 fully saturated rings. The van der Waals surface area contributed by atoms with Gasteiger partial charge in [0.05, 0.1) is 0 Å². The first-order chi connectivity index (χ1) is 10.7. The maximum absolute atomic E-state index is 10.8. The quantitative estimate of drug-likeness (QED) is 0.640. The summed E-state index contributed by atoms with van der Waals surface area (Å²) in [6.07, 6.45) is 1.67. The molecule has 0 saturated heterocycles. The van der Waals surface area contributed by atoms with Crippen molar-refractivity contribution in [3.8, 4) is 5.75 Å². The van der Waals surface area contributed by atoms with E-state index in [2.05, 4.69) is 13.0 Å². The average Bonchev–Trinajstić information content (AvgIpc) is 2.97. The van der Waals surface area contributed by atoms with Crippen molar-refractivity contribution in [1.29, 1.82) is 0 Å². The normalized spacial score (nSPS) is 10.8. The molecule has 0 bridgehead atoms. The number of carbonyl (C=O) groups is 1. The minimum atomic E-state index is 0.354. The first-order valence-corrected chi connectivity index (χ1v) is 7.40. The van der Waals surface area contributed by atoms with E-state index in [0.29, 0.717) is 12.4 Å². The van der Waals surface area contributed by atoms with Crippen LogP contribution in [-0.4, -0.2) is 6.29 Å². The van der Waals surface area contributed by atoms with Crippen LogP contribution in [0.2, 0.25) is 0 Å². The van der Waals surface area contributed by atoms with Crippen LogP contribution in [0.25, 0.3) is 11.0 Å². The summed E-state index contributed by atoms with van der Waals surface area (Å²) in [5.74, 6) is 1.27. The maximum Gasteiger partial charge on any atom is 0.185 e. The Morgan fingerprint density at radius 2 is 2.00 bits per heavy atom. The van der Waals surface area contributed by atoms with Gasteiger partial charge < -0.3 is 9.15 Å². The van der Waals surface area contributed by atoms with Crippen molar-refractivity contribution in [2.45, 2.75) is 26.9 Å². The summed E-state index contributed by atoms with van der Waals surface area (Å²) in [7, 11) is 0. The molecule has 0 amide bonds. The molecule has 22 heavy (non-hydrogen) atoms. The Kier molecular flexibility index (Phi) is 3.96. The molecule has 3 nitrogen and oxygen atoms in total. The molecular weight excluding hydrogens is 276 g/mol. The first-order valence-electron chi connectivity index (χ1n) is 7.40. The first kappa shape index (κ1) is 14.4. The molecule has 1 aromatic heterocycles. The van der Waals surface area contributed by atoms with Gasteiger partial charge in [0.25, 0.3) is 0 Å². The lowest BCUT2D eigenvalue weighted by atomic mass is 10.1. The van der Waals surface area contributed by atoms with Crippen LogP contribution in [0.5, 0.6) is 5.75 Å². The van der Waals surface area contributed by atoms with Crippen LogP contribution >= 0.6 is 0 Å². The summed E-state index contributed by atoms with van der Waals surface area (Å²) in [5.41, 5.74) is 4.04. The molecule has 3 aromatic rings. The lowest BCUT2D eigenvalue weighted by molar-refractivity contribution is 0.110. The number of carbonyl (C=O) groups excluding carboxylic acids is 1. The van der Waals surface area contributed by atoms with E-state index in [1.165, 1.54) is 5.56 Å². The van der Waals surface area contributed by atoms with Crippen molar-refractivity contribution in [2.24, 2.45) is 0 Å². The lowest BCUT2D eigenvalue weighted by Crippen LogP contribution is -1.98. The highest BCUT2D eigenvalue weighted by Gasteiger charge is 2.08. The summed E-state index contributed by atoms with van der Waals surface area (Å²) in [4.78, 5) is 10.8. The minimum Gasteiger partial charge on any atom is -0.489 e. The molecule has 0 spiro atoms. The molecular formula is C19H18O3. The number of rotatable bonds is 5. The van der Waals surface area contributed by atoms with E-state index >= 15 is 0 Å². The van der Waals surface area contributed by atoms with Gasteiger partial charge in [0.2, 0.25) is 0 Å². The summed E-state index contributed by atoms with van der Waals surface area (Å²) >= 11 is 0. The Bertz CT molecular complexity index is 815. The van der Waals surface area contributed by atoms with Gasteiger partial charge in [0.15, 0.2) is 12.0 Å². The minimum absolute atomic E-state index is 0.354. The second kappa shape index (κ2) is 6.06. The zero-order valence-corrected chi connectivity index (χ0v) is 12.8. The van der Waals surface area contributed by atoms with Gasteiger partial charge in [0, 0.05) is 5.39 Å². The fourth-order valence-electron chi connectivity index (χ4n) is 2.66. The van der Waals surface area contributed by atoms with E-state index in [4.69, 9.17) is 9.15 Å². The Morgan fingerprint density at radius 3 is 2.77 bits per heavy atom. The Morgan fingerprint density at radius 1 is 1.18 bits per heavy atom. The molecule has 0 unspecified atom stereocenters. The zero-order chi connectivity index (χ0) is 15.5. The summed E-state index contributed by atoms with van der Waals surface area (Å²) in [6.45, 7) is 4.59. The average molecular weight is 294 g/mol. The fourth-order valence-corrected chi connectivity index (χ4v) is 2.66. The predicted octanol–water partition coefficient (Wildman–Crippen LogP) is 4.70. The van der Waals surface area contributed by atoms with Crippen molar-refractivity contribution in [2.75, 3.05) is 0 Å². The van der Waals surface area contributed by atoms with Crippen molar-refractivity contribution in [3.63, 3.8) is 0 Å². The second-order valence-electron chi connectivity index (χ2n) is 5.35. The van der Waals surface area contributed by atoms with Crippen LogP contribution < -0.4 is 4.74 Å². The molecule has 3 rings (SSSR count). The van der Waals surface area contributed by atoms with Crippen LogP contribution in [0.3, 0.4) is 0 Å². The number of aldehydes is 1. The monoisotopic (exact) mass is 294 g/mol. The van der Waals surface area contributed by atoms with E-state index in [1.807, 2.05) is 37.3 Å². The maximum atomic E-state index is 10.8. The van der Waals surface area contributed by atoms with E-state index in [1.54, 1.807) is 6.07 Å². The van der Waals surface area contributed by atoms with E-state index < -0.39 is 0 Å². The van der Waals surface area contributed by atoms with Crippen molar-refractivity contribution < 1.29 is 13.9 Å². The standard InChI is InChI=1S/C19H18O3/c1-3-15-6-4-5-7-18(15)21-12-14-8-13(2)19-16(9-14)10-17(11-20)22-19/h4-11H,3,12H2,1-2H3. The molecule has 0 saturated carbocycles. The van der Waals surface area contributed by atoms with Crippen molar-refractivity contribution >= 4 is 17.3 Å². The number of para-hydroxylation sites is 1. The van der Waals surface area contributed by atoms with Gasteiger partial charge in [-0.3, -0.25) is 4.79 Å². The van der Waals surface area contributed by atoms with Gasteiger partial charge in [0.1, 0.15) is 17.9 Å². The molecule has 0 radical (unpaired) electrons. The SMILES string of the molecule is CCc1ccccc1OCc1cc(C)c2oc(C=O)cc2c1. The van der Waals surface area contributed by atoms with Crippen LogP contribution in [0, 0.1) is 6.92 Å². The third-order valence-corrected chi connectivity index (χ3v) is 3.74. The number of aryl methyl sites for hydroxylation is 2. The Hall–Kier alpha value is -2.55. The highest BCUT2D eigenvalue weighted by atomic mass is 16.5. The molecule has 1 heterocycles. The van der Waals surface area contributed by atoms with Crippen LogP contribution in [0.4, 0.5) is 0 Å². The Balaban J connectivity index is 1.86. The number of fused-ring (bicyclic) bond motifs is 1. The van der Waals surface area contributed by atoms with Gasteiger partial charge in [-0.25, -0.2) is 0 Å². The van der Waals surface area contributed by atoms with Crippen LogP contribution in [0.15, 0.2) is 46.9 Å². The number of furan rings is 1. The largest absolute Gasteiger partial charge is 0.489 e. The highest BCUT2D eigenvalue weighted by molar-refractivity contribution is 5.87. The molecule has 0 N–H and O–H groups in total. The molecule has 2 aromatic carbocycles. The molecule has 0 atom stereocenters. The van der Waals surface area contributed by atoms with E-state index in [-0.39, 0.29) is 0 Å². The van der Waals surface area contributed by atoms with Crippen molar-refractivity contribution in [1.82, 2.24) is 0 Å². The Labute approximate surface area is 129 Å². The van der Waals surface area contributed by atoms with Gasteiger partial charge in [-0.15, -0.1) is 0 Å². The topological polar surface area (TPSA) is 39.4 Å². The van der Waals surface area contributed by atoms with Crippen molar-refractivity contribution in [3.05, 3.63) is 64.9 Å². The smallest absolute Gasteiger partial charge is 0.185 e. The fraction of sp³-hybridized carbons (Fsp3) is 0.211. The second-order valence-corrected chi connectivity index (χ2v) is 5.35. The summed E-state index contributed by atoms with van der Waals surface area (Å²) < 4.78 is 11.4. The predicted molar refractivity (Wildman–Crippen MR) is 86.5 cm³/mol. The van der Waals surface area contributed by atoms with Crippen LogP contribution in [-0.2, 0) is 13.0 Å². The molecule has 0 aliphatic rings. The van der Waals surface area contributed by atoms with Gasteiger partial charge in [-0.1, -0.05) is 25.1 Å². The van der Waals surface area contributed by atoms with Gasteiger partial charge >= 0.3 is 0 Å². The third-order valence-electron chi connectivity index (χ3n) is 3.74. The van der Waals surface area contributed by atoms with Crippen LogP contribution in [0.1, 0.15) is 34.2 Å². The number of benzene rings is 2. The number of hydrogen-bond donors (Lipinski definition) is 0. The lowest BCUT2D eigenvalue weighted by Gasteiger charge is -2.11. The number of hydrogen-bond acceptors (Lipinski definition) is 3. The summed E-state index contributed by atoms with van der Waals surface area (Å²) in [5, 5.41) is 0.935. The van der Waals surface area contributed by atoms with E-state index in [9.17, 15) is 4.79 Å². The molecule has 0 aliphatic heterocycles. The van der Waals surface area contributed by atoms with Gasteiger partial charge in [-0.2, -0.15) is 0 Å². The van der Waals surface area contributed by atoms with Gasteiger partial charge in [-0.05, 0) is 54.3 Å². The zero-order valence-electron chi connectivity index (χ0n) is 12.8. The molecule has 112 valence electrons. The number of ether oxygens (including phenoxy) is 1. The molecule has 0 aliphatic carbocycles. The highest BCUT2D eigenvalue weighted by Crippen LogP contribution is 2.25. The third kappa shape index (κ3) is 2.75. The molecule has 3 heteroatoms.